The van der Waals surface area contributed by atoms with Gasteiger partial charge in [0.25, 0.3) is 5.91 Å². The Balaban J connectivity index is 1.92. The van der Waals surface area contributed by atoms with Crippen molar-refractivity contribution in [3.8, 4) is 0 Å². The third-order valence-electron chi connectivity index (χ3n) is 4.45. The molecule has 18 heavy (non-hydrogen) atoms. The molecule has 0 saturated carbocycles. The van der Waals surface area contributed by atoms with Gasteiger partial charge in [0.1, 0.15) is 6.10 Å². The third kappa shape index (κ3) is 2.86. The van der Waals surface area contributed by atoms with Gasteiger partial charge in [-0.2, -0.15) is 0 Å². The highest BCUT2D eigenvalue weighted by atomic mass is 16.5. The van der Waals surface area contributed by atoms with E-state index in [1.807, 2.05) is 11.9 Å². The Morgan fingerprint density at radius 1 is 1.39 bits per heavy atom. The molecule has 1 N–H and O–H groups in total. The van der Waals surface area contributed by atoms with Crippen LogP contribution in [0.3, 0.4) is 0 Å². The molecule has 4 nitrogen and oxygen atoms in total. The average molecular weight is 254 g/mol. The van der Waals surface area contributed by atoms with Crippen LogP contribution >= 0.6 is 0 Å². The van der Waals surface area contributed by atoms with Gasteiger partial charge in [-0.15, -0.1) is 0 Å². The Kier molecular flexibility index (Phi) is 4.62. The Morgan fingerprint density at radius 3 is 2.72 bits per heavy atom. The second kappa shape index (κ2) is 6.02. The highest BCUT2D eigenvalue weighted by molar-refractivity contribution is 5.81. The predicted octanol–water partition coefficient (Wildman–Crippen LogP) is 1.40. The quantitative estimate of drug-likeness (QED) is 0.828. The lowest BCUT2D eigenvalue weighted by Crippen LogP contribution is -2.52. The first kappa shape index (κ1) is 13.8. The number of ether oxygens (including phenoxy) is 1. The number of rotatable bonds is 3. The SMILES string of the molecule is CCC1CN(C(=O)C2CCC(C)O2)CCC1NC. The number of likely N-dealkylation sites (tertiary alicyclic amines) is 1. The molecule has 2 fully saturated rings. The Bertz CT molecular complexity index is 296. The van der Waals surface area contributed by atoms with Crippen molar-refractivity contribution in [2.24, 2.45) is 5.92 Å². The lowest BCUT2D eigenvalue weighted by Gasteiger charge is -2.39. The molecular weight excluding hydrogens is 228 g/mol. The van der Waals surface area contributed by atoms with Crippen LogP contribution in [0.15, 0.2) is 0 Å². The van der Waals surface area contributed by atoms with Crippen LogP contribution in [-0.4, -0.2) is 49.2 Å². The summed E-state index contributed by atoms with van der Waals surface area (Å²) in [6, 6.07) is 0.558. The summed E-state index contributed by atoms with van der Waals surface area (Å²) >= 11 is 0. The molecule has 4 heteroatoms. The number of hydrogen-bond acceptors (Lipinski definition) is 3. The van der Waals surface area contributed by atoms with Gasteiger partial charge in [0.15, 0.2) is 0 Å². The van der Waals surface area contributed by atoms with Crippen LogP contribution in [0.25, 0.3) is 0 Å². The van der Waals surface area contributed by atoms with E-state index >= 15 is 0 Å². The van der Waals surface area contributed by atoms with E-state index in [9.17, 15) is 4.79 Å². The zero-order valence-corrected chi connectivity index (χ0v) is 11.8. The smallest absolute Gasteiger partial charge is 0.251 e. The maximum atomic E-state index is 12.4. The van der Waals surface area contributed by atoms with Crippen molar-refractivity contribution in [3.63, 3.8) is 0 Å². The van der Waals surface area contributed by atoms with E-state index in [2.05, 4.69) is 19.2 Å². The fraction of sp³-hybridized carbons (Fsp3) is 0.929. The number of nitrogens with one attached hydrogen (secondary N) is 1. The van der Waals surface area contributed by atoms with Gasteiger partial charge in [0, 0.05) is 19.1 Å². The summed E-state index contributed by atoms with van der Waals surface area (Å²) in [6.45, 7) is 6.01. The molecule has 2 aliphatic rings. The zero-order valence-electron chi connectivity index (χ0n) is 11.8. The highest BCUT2D eigenvalue weighted by Crippen LogP contribution is 2.25. The Morgan fingerprint density at radius 2 is 2.17 bits per heavy atom. The van der Waals surface area contributed by atoms with E-state index in [-0.39, 0.29) is 18.1 Å². The molecule has 2 rings (SSSR count). The molecule has 0 radical (unpaired) electrons. The van der Waals surface area contributed by atoms with Crippen LogP contribution in [0.1, 0.15) is 39.5 Å². The van der Waals surface area contributed by atoms with Crippen LogP contribution in [0, 0.1) is 5.92 Å². The van der Waals surface area contributed by atoms with Gasteiger partial charge in [0.05, 0.1) is 6.10 Å². The molecule has 4 atom stereocenters. The number of piperidine rings is 1. The molecule has 2 heterocycles. The fourth-order valence-corrected chi connectivity index (χ4v) is 3.21. The zero-order chi connectivity index (χ0) is 13.1. The van der Waals surface area contributed by atoms with Crippen LogP contribution in [0.2, 0.25) is 0 Å². The summed E-state index contributed by atoms with van der Waals surface area (Å²) in [4.78, 5) is 14.4. The van der Waals surface area contributed by atoms with Crippen molar-refractivity contribution in [1.82, 2.24) is 10.2 Å². The molecular formula is C14H26N2O2. The molecule has 2 saturated heterocycles. The second-order valence-corrected chi connectivity index (χ2v) is 5.65. The topological polar surface area (TPSA) is 41.6 Å². The minimum Gasteiger partial charge on any atom is -0.365 e. The number of hydrogen-bond donors (Lipinski definition) is 1. The number of nitrogens with zero attached hydrogens (tertiary/aromatic N) is 1. The number of carbonyl (C=O) groups excluding carboxylic acids is 1. The highest BCUT2D eigenvalue weighted by Gasteiger charge is 2.35. The fourth-order valence-electron chi connectivity index (χ4n) is 3.21. The van der Waals surface area contributed by atoms with Gasteiger partial charge in [-0.1, -0.05) is 13.3 Å². The molecule has 0 aromatic heterocycles. The average Bonchev–Trinajstić information content (AvgIpc) is 2.83. The van der Waals surface area contributed by atoms with Gasteiger partial charge in [-0.25, -0.2) is 0 Å². The maximum Gasteiger partial charge on any atom is 0.251 e. The maximum absolute atomic E-state index is 12.4. The minimum atomic E-state index is -0.177. The van der Waals surface area contributed by atoms with E-state index in [1.54, 1.807) is 0 Å². The summed E-state index contributed by atoms with van der Waals surface area (Å²) in [5, 5.41) is 3.37. The molecule has 0 bridgehead atoms. The molecule has 0 aliphatic carbocycles. The largest absolute Gasteiger partial charge is 0.365 e. The first-order chi connectivity index (χ1) is 8.65. The van der Waals surface area contributed by atoms with Crippen molar-refractivity contribution in [2.75, 3.05) is 20.1 Å². The molecule has 0 aromatic rings. The lowest BCUT2D eigenvalue weighted by atomic mass is 9.89. The van der Waals surface area contributed by atoms with Crippen molar-refractivity contribution >= 4 is 5.91 Å². The van der Waals surface area contributed by atoms with Crippen molar-refractivity contribution in [1.29, 1.82) is 0 Å². The normalized spacial score (nSPS) is 36.9. The van der Waals surface area contributed by atoms with Crippen molar-refractivity contribution in [2.45, 2.75) is 57.8 Å². The summed E-state index contributed by atoms with van der Waals surface area (Å²) in [6.07, 6.45) is 4.16. The van der Waals surface area contributed by atoms with Crippen molar-refractivity contribution in [3.05, 3.63) is 0 Å². The van der Waals surface area contributed by atoms with Crippen LogP contribution in [-0.2, 0) is 9.53 Å². The third-order valence-corrected chi connectivity index (χ3v) is 4.45. The van der Waals surface area contributed by atoms with Gasteiger partial charge in [-0.3, -0.25) is 4.79 Å². The van der Waals surface area contributed by atoms with Gasteiger partial charge in [0.2, 0.25) is 0 Å². The van der Waals surface area contributed by atoms with E-state index in [0.29, 0.717) is 12.0 Å². The summed E-state index contributed by atoms with van der Waals surface area (Å²) in [5.41, 5.74) is 0. The molecule has 0 aromatic carbocycles. The first-order valence-corrected chi connectivity index (χ1v) is 7.27. The van der Waals surface area contributed by atoms with E-state index in [0.717, 1.165) is 38.8 Å². The Labute approximate surface area is 110 Å². The standard InChI is InChI=1S/C14H26N2O2/c1-4-11-9-16(8-7-12(11)15-3)14(17)13-6-5-10(2)18-13/h10-13,15H,4-9H2,1-3H3. The monoisotopic (exact) mass is 254 g/mol. The number of amides is 1. The summed E-state index contributed by atoms with van der Waals surface area (Å²) in [5.74, 6) is 0.791. The van der Waals surface area contributed by atoms with E-state index < -0.39 is 0 Å². The lowest BCUT2D eigenvalue weighted by molar-refractivity contribution is -0.144. The molecule has 1 amide bonds. The first-order valence-electron chi connectivity index (χ1n) is 7.27. The van der Waals surface area contributed by atoms with Gasteiger partial charge in [-0.05, 0) is 39.2 Å². The second-order valence-electron chi connectivity index (χ2n) is 5.65. The molecule has 4 unspecified atom stereocenters. The van der Waals surface area contributed by atoms with Crippen LogP contribution < -0.4 is 5.32 Å². The summed E-state index contributed by atoms with van der Waals surface area (Å²) in [7, 11) is 2.02. The van der Waals surface area contributed by atoms with Crippen LogP contribution in [0.4, 0.5) is 0 Å². The molecule has 104 valence electrons. The van der Waals surface area contributed by atoms with Crippen molar-refractivity contribution < 1.29 is 9.53 Å². The van der Waals surface area contributed by atoms with Crippen LogP contribution in [0.5, 0.6) is 0 Å². The Hall–Kier alpha value is -0.610. The van der Waals surface area contributed by atoms with Gasteiger partial charge >= 0.3 is 0 Å². The molecule has 2 aliphatic heterocycles. The molecule has 0 spiro atoms. The predicted molar refractivity (Wildman–Crippen MR) is 71.4 cm³/mol. The van der Waals surface area contributed by atoms with E-state index in [1.165, 1.54) is 0 Å². The number of carbonyl (C=O) groups is 1. The van der Waals surface area contributed by atoms with E-state index in [4.69, 9.17) is 4.74 Å². The van der Waals surface area contributed by atoms with Gasteiger partial charge < -0.3 is 15.0 Å². The summed E-state index contributed by atoms with van der Waals surface area (Å²) < 4.78 is 5.69. The minimum absolute atomic E-state index is 0.177.